The normalized spacial score (nSPS) is 10.1. The van der Waals surface area contributed by atoms with Crippen molar-refractivity contribution in [3.05, 3.63) is 29.8 Å². The lowest BCUT2D eigenvalue weighted by Gasteiger charge is -2.04. The van der Waals surface area contributed by atoms with Crippen LogP contribution in [-0.4, -0.2) is 13.2 Å². The summed E-state index contributed by atoms with van der Waals surface area (Å²) in [5.74, 6) is 3.14. The van der Waals surface area contributed by atoms with Crippen molar-refractivity contribution in [2.24, 2.45) is 5.90 Å². The van der Waals surface area contributed by atoms with Gasteiger partial charge in [-0.3, -0.25) is 0 Å². The van der Waals surface area contributed by atoms with Crippen LogP contribution in [0.15, 0.2) is 18.2 Å². The van der Waals surface area contributed by atoms with Gasteiger partial charge in [-0.1, -0.05) is 0 Å². The largest absolute Gasteiger partial charge is 0.491 e. The number of ether oxygens (including phenoxy) is 1. The SMILES string of the molecule is NOCCOc1ccc(F)c(F)c1. The average molecular weight is 189 g/mol. The van der Waals surface area contributed by atoms with Crippen molar-refractivity contribution in [2.75, 3.05) is 13.2 Å². The zero-order valence-electron chi connectivity index (χ0n) is 6.80. The Kier molecular flexibility index (Phi) is 3.60. The minimum Gasteiger partial charge on any atom is -0.491 e. The highest BCUT2D eigenvalue weighted by molar-refractivity contribution is 5.23. The molecule has 1 aromatic rings. The Labute approximate surface area is 74.0 Å². The van der Waals surface area contributed by atoms with E-state index in [9.17, 15) is 8.78 Å². The summed E-state index contributed by atoms with van der Waals surface area (Å²) < 4.78 is 30.0. The average Bonchev–Trinajstić information content (AvgIpc) is 2.12. The second kappa shape index (κ2) is 4.74. The van der Waals surface area contributed by atoms with Crippen molar-refractivity contribution in [3.8, 4) is 5.75 Å². The van der Waals surface area contributed by atoms with Gasteiger partial charge < -0.3 is 9.57 Å². The molecular weight excluding hydrogens is 180 g/mol. The van der Waals surface area contributed by atoms with Gasteiger partial charge in [-0.15, -0.1) is 0 Å². The second-order valence-corrected chi connectivity index (χ2v) is 2.30. The van der Waals surface area contributed by atoms with Gasteiger partial charge in [-0.2, -0.15) is 0 Å². The fraction of sp³-hybridized carbons (Fsp3) is 0.250. The van der Waals surface area contributed by atoms with E-state index in [1.165, 1.54) is 6.07 Å². The third-order valence-corrected chi connectivity index (χ3v) is 1.36. The molecule has 0 atom stereocenters. The van der Waals surface area contributed by atoms with Crippen LogP contribution < -0.4 is 10.6 Å². The first kappa shape index (κ1) is 9.88. The maximum atomic E-state index is 12.6. The van der Waals surface area contributed by atoms with Gasteiger partial charge in [0.25, 0.3) is 0 Å². The maximum absolute atomic E-state index is 12.6. The highest BCUT2D eigenvalue weighted by Crippen LogP contribution is 2.14. The molecule has 5 heteroatoms. The lowest BCUT2D eigenvalue weighted by Crippen LogP contribution is -2.10. The molecule has 0 saturated carbocycles. The first-order valence-corrected chi connectivity index (χ1v) is 3.63. The molecule has 13 heavy (non-hydrogen) atoms. The van der Waals surface area contributed by atoms with Crippen molar-refractivity contribution in [2.45, 2.75) is 0 Å². The molecule has 0 aromatic heterocycles. The molecule has 0 bridgehead atoms. The summed E-state index contributed by atoms with van der Waals surface area (Å²) >= 11 is 0. The molecule has 1 aromatic carbocycles. The number of benzene rings is 1. The highest BCUT2D eigenvalue weighted by Gasteiger charge is 2.02. The Hall–Kier alpha value is -1.20. The quantitative estimate of drug-likeness (QED) is 0.572. The van der Waals surface area contributed by atoms with Crippen molar-refractivity contribution < 1.29 is 18.4 Å². The Morgan fingerprint density at radius 1 is 1.15 bits per heavy atom. The second-order valence-electron chi connectivity index (χ2n) is 2.30. The topological polar surface area (TPSA) is 44.5 Å². The molecule has 3 nitrogen and oxygen atoms in total. The Morgan fingerprint density at radius 3 is 2.54 bits per heavy atom. The van der Waals surface area contributed by atoms with Gasteiger partial charge >= 0.3 is 0 Å². The summed E-state index contributed by atoms with van der Waals surface area (Å²) in [7, 11) is 0. The Bertz CT molecular complexity index is 281. The molecule has 0 aliphatic carbocycles. The van der Waals surface area contributed by atoms with Crippen LogP contribution in [-0.2, 0) is 4.84 Å². The Morgan fingerprint density at radius 2 is 1.92 bits per heavy atom. The van der Waals surface area contributed by atoms with E-state index in [0.29, 0.717) is 0 Å². The predicted molar refractivity (Wildman–Crippen MR) is 42.0 cm³/mol. The van der Waals surface area contributed by atoms with E-state index in [0.717, 1.165) is 12.1 Å². The molecular formula is C8H9F2NO2. The minimum atomic E-state index is -0.939. The maximum Gasteiger partial charge on any atom is 0.162 e. The third-order valence-electron chi connectivity index (χ3n) is 1.36. The minimum absolute atomic E-state index is 0.193. The molecule has 0 saturated heterocycles. The van der Waals surface area contributed by atoms with Gasteiger partial charge in [-0.25, -0.2) is 14.7 Å². The van der Waals surface area contributed by atoms with Crippen LogP contribution in [0.3, 0.4) is 0 Å². The molecule has 0 radical (unpaired) electrons. The zero-order valence-corrected chi connectivity index (χ0v) is 6.80. The van der Waals surface area contributed by atoms with Crippen molar-refractivity contribution in [3.63, 3.8) is 0 Å². The number of hydrogen-bond donors (Lipinski definition) is 1. The fourth-order valence-corrected chi connectivity index (χ4v) is 0.774. The van der Waals surface area contributed by atoms with E-state index in [-0.39, 0.29) is 19.0 Å². The molecule has 0 fully saturated rings. The summed E-state index contributed by atoms with van der Waals surface area (Å²) in [6.45, 7) is 0.389. The highest BCUT2D eigenvalue weighted by atomic mass is 19.2. The van der Waals surface area contributed by atoms with Crippen LogP contribution >= 0.6 is 0 Å². The summed E-state index contributed by atoms with van der Waals surface area (Å²) in [6, 6.07) is 3.29. The van der Waals surface area contributed by atoms with E-state index in [1.54, 1.807) is 0 Å². The molecule has 0 spiro atoms. The van der Waals surface area contributed by atoms with E-state index < -0.39 is 11.6 Å². The fourth-order valence-electron chi connectivity index (χ4n) is 0.774. The Balaban J connectivity index is 2.53. The lowest BCUT2D eigenvalue weighted by molar-refractivity contribution is 0.102. The molecule has 0 aliphatic heterocycles. The summed E-state index contributed by atoms with van der Waals surface area (Å²) in [5.41, 5.74) is 0. The number of nitrogens with two attached hydrogens (primary N) is 1. The summed E-state index contributed by atoms with van der Waals surface area (Å²) in [5, 5.41) is 0. The number of rotatable bonds is 4. The van der Waals surface area contributed by atoms with E-state index in [1.807, 2.05) is 0 Å². The predicted octanol–water partition coefficient (Wildman–Crippen LogP) is 1.23. The summed E-state index contributed by atoms with van der Waals surface area (Å²) in [4.78, 5) is 4.22. The molecule has 2 N–H and O–H groups in total. The third kappa shape index (κ3) is 2.96. The first-order chi connectivity index (χ1) is 6.24. The van der Waals surface area contributed by atoms with Gasteiger partial charge in [0.2, 0.25) is 0 Å². The van der Waals surface area contributed by atoms with Crippen LogP contribution in [0, 0.1) is 11.6 Å². The van der Waals surface area contributed by atoms with Crippen molar-refractivity contribution in [1.82, 2.24) is 0 Å². The molecule has 0 amide bonds. The van der Waals surface area contributed by atoms with Gasteiger partial charge in [0.1, 0.15) is 19.0 Å². The molecule has 0 unspecified atom stereocenters. The molecule has 1 rings (SSSR count). The zero-order chi connectivity index (χ0) is 9.68. The van der Waals surface area contributed by atoms with E-state index in [2.05, 4.69) is 4.84 Å². The van der Waals surface area contributed by atoms with Gasteiger partial charge in [0, 0.05) is 6.07 Å². The number of hydrogen-bond acceptors (Lipinski definition) is 3. The van der Waals surface area contributed by atoms with Gasteiger partial charge in [0.05, 0.1) is 0 Å². The van der Waals surface area contributed by atoms with Crippen LogP contribution in [0.25, 0.3) is 0 Å². The van der Waals surface area contributed by atoms with Crippen molar-refractivity contribution >= 4 is 0 Å². The van der Waals surface area contributed by atoms with Gasteiger partial charge in [-0.05, 0) is 12.1 Å². The van der Waals surface area contributed by atoms with E-state index >= 15 is 0 Å². The number of halogens is 2. The van der Waals surface area contributed by atoms with Crippen LogP contribution in [0.4, 0.5) is 8.78 Å². The van der Waals surface area contributed by atoms with Crippen LogP contribution in [0.1, 0.15) is 0 Å². The van der Waals surface area contributed by atoms with Crippen LogP contribution in [0.2, 0.25) is 0 Å². The standard InChI is InChI=1S/C8H9F2NO2/c9-7-2-1-6(5-8(7)10)12-3-4-13-11/h1-2,5H,3-4,11H2. The molecule has 0 aliphatic rings. The molecule has 72 valence electrons. The van der Waals surface area contributed by atoms with Crippen molar-refractivity contribution in [1.29, 1.82) is 0 Å². The van der Waals surface area contributed by atoms with Crippen LogP contribution in [0.5, 0.6) is 5.75 Å². The molecule has 0 heterocycles. The smallest absolute Gasteiger partial charge is 0.162 e. The van der Waals surface area contributed by atoms with E-state index in [4.69, 9.17) is 10.6 Å². The lowest BCUT2D eigenvalue weighted by atomic mass is 10.3. The summed E-state index contributed by atoms with van der Waals surface area (Å²) in [6.07, 6.45) is 0. The first-order valence-electron chi connectivity index (χ1n) is 3.63. The van der Waals surface area contributed by atoms with Gasteiger partial charge in [0.15, 0.2) is 11.6 Å². The monoisotopic (exact) mass is 189 g/mol.